The van der Waals surface area contributed by atoms with Crippen molar-refractivity contribution in [2.24, 2.45) is 0 Å². The predicted octanol–water partition coefficient (Wildman–Crippen LogP) is 4.95. The van der Waals surface area contributed by atoms with Crippen LogP contribution in [0.25, 0.3) is 0 Å². The monoisotopic (exact) mass is 429 g/mol. The molecule has 2 aromatic carbocycles. The van der Waals surface area contributed by atoms with Gasteiger partial charge in [-0.1, -0.05) is 11.3 Å². The quantitative estimate of drug-likeness (QED) is 0.445. The van der Waals surface area contributed by atoms with Gasteiger partial charge in [-0.3, -0.25) is 0 Å². The molecular formula is C18H13F2N7S2. The first-order chi connectivity index (χ1) is 14.0. The molecule has 0 aliphatic rings. The Morgan fingerprint density at radius 1 is 0.759 bits per heavy atom. The number of anilines is 4. The van der Waals surface area contributed by atoms with Crippen molar-refractivity contribution in [2.45, 2.75) is 16.4 Å². The first-order valence-electron chi connectivity index (χ1n) is 8.33. The van der Waals surface area contributed by atoms with E-state index < -0.39 is 0 Å². The van der Waals surface area contributed by atoms with Crippen LogP contribution in [0.2, 0.25) is 0 Å². The lowest BCUT2D eigenvalue weighted by atomic mass is 10.3. The minimum atomic E-state index is -0.340. The van der Waals surface area contributed by atoms with Gasteiger partial charge in [0.05, 0.1) is 0 Å². The lowest BCUT2D eigenvalue weighted by Crippen LogP contribution is -2.05. The van der Waals surface area contributed by atoms with Gasteiger partial charge in [-0.05, 0) is 67.2 Å². The summed E-state index contributed by atoms with van der Waals surface area (Å²) in [5, 5.41) is 15.3. The van der Waals surface area contributed by atoms with Crippen LogP contribution >= 0.6 is 23.1 Å². The second-order valence-electron chi connectivity index (χ2n) is 5.72. The van der Waals surface area contributed by atoms with Crippen LogP contribution in [0.4, 0.5) is 32.1 Å². The Labute approximate surface area is 172 Å². The maximum absolute atomic E-state index is 13.1. The molecule has 7 nitrogen and oxygen atoms in total. The van der Waals surface area contributed by atoms with Gasteiger partial charge in [0.2, 0.25) is 17.1 Å². The molecule has 0 amide bonds. The van der Waals surface area contributed by atoms with Crippen LogP contribution in [-0.2, 0) is 0 Å². The minimum absolute atomic E-state index is 0.264. The SMILES string of the molecule is Cc1nnc(Sc2nc(Nc3ccc(F)cc3)nc(Nc3ccc(F)cc3)n2)s1. The largest absolute Gasteiger partial charge is 0.324 e. The number of hydrogen-bond acceptors (Lipinski definition) is 9. The van der Waals surface area contributed by atoms with Gasteiger partial charge in [0.1, 0.15) is 16.6 Å². The molecule has 0 fully saturated rings. The highest BCUT2D eigenvalue weighted by Crippen LogP contribution is 2.29. The Bertz CT molecular complexity index is 1050. The van der Waals surface area contributed by atoms with E-state index in [-0.39, 0.29) is 23.5 Å². The number of rotatable bonds is 6. The first kappa shape index (κ1) is 19.2. The zero-order chi connectivity index (χ0) is 20.2. The van der Waals surface area contributed by atoms with Crippen molar-refractivity contribution in [2.75, 3.05) is 10.6 Å². The fraction of sp³-hybridized carbons (Fsp3) is 0.0556. The molecule has 4 aromatic rings. The second-order valence-corrected chi connectivity index (χ2v) is 8.11. The van der Waals surface area contributed by atoms with Crippen LogP contribution in [0.3, 0.4) is 0 Å². The summed E-state index contributed by atoms with van der Waals surface area (Å²) in [5.74, 6) is -0.152. The van der Waals surface area contributed by atoms with Crippen molar-refractivity contribution in [1.82, 2.24) is 25.1 Å². The van der Waals surface area contributed by atoms with Gasteiger partial charge in [0, 0.05) is 11.4 Å². The van der Waals surface area contributed by atoms with E-state index in [9.17, 15) is 8.78 Å². The number of aromatic nitrogens is 5. The number of aryl methyl sites for hydroxylation is 1. The molecule has 2 aromatic heterocycles. The third-order valence-electron chi connectivity index (χ3n) is 3.50. The summed E-state index contributed by atoms with van der Waals surface area (Å²) in [6.07, 6.45) is 0. The lowest BCUT2D eigenvalue weighted by Gasteiger charge is -2.10. The Morgan fingerprint density at radius 3 is 1.72 bits per heavy atom. The molecule has 0 saturated carbocycles. The molecule has 0 bridgehead atoms. The van der Waals surface area contributed by atoms with Gasteiger partial charge in [-0.25, -0.2) is 8.78 Å². The number of nitrogens with one attached hydrogen (secondary N) is 2. The third-order valence-corrected chi connectivity index (χ3v) is 5.26. The van der Waals surface area contributed by atoms with E-state index in [1.165, 1.54) is 47.4 Å². The Balaban J connectivity index is 1.63. The van der Waals surface area contributed by atoms with Gasteiger partial charge >= 0.3 is 0 Å². The summed E-state index contributed by atoms with van der Waals surface area (Å²) in [6, 6.07) is 11.6. The van der Waals surface area contributed by atoms with E-state index in [2.05, 4.69) is 35.8 Å². The average Bonchev–Trinajstić information content (AvgIpc) is 3.10. The zero-order valence-corrected chi connectivity index (χ0v) is 16.6. The Morgan fingerprint density at radius 2 is 1.28 bits per heavy atom. The third kappa shape index (κ3) is 5.21. The van der Waals surface area contributed by atoms with Crippen molar-refractivity contribution in [3.05, 3.63) is 65.2 Å². The maximum Gasteiger partial charge on any atom is 0.233 e. The van der Waals surface area contributed by atoms with Crippen LogP contribution in [0.1, 0.15) is 5.01 Å². The fourth-order valence-corrected chi connectivity index (χ4v) is 3.91. The lowest BCUT2D eigenvalue weighted by molar-refractivity contribution is 0.627. The van der Waals surface area contributed by atoms with Crippen LogP contribution < -0.4 is 10.6 Å². The molecular weight excluding hydrogens is 416 g/mol. The molecule has 0 radical (unpaired) electrons. The molecule has 0 aliphatic heterocycles. The van der Waals surface area contributed by atoms with Crippen molar-refractivity contribution in [3.8, 4) is 0 Å². The summed E-state index contributed by atoms with van der Waals surface area (Å²) in [5.41, 5.74) is 1.24. The van der Waals surface area contributed by atoms with Crippen molar-refractivity contribution >= 4 is 46.4 Å². The predicted molar refractivity (Wildman–Crippen MR) is 108 cm³/mol. The molecule has 0 saturated heterocycles. The highest BCUT2D eigenvalue weighted by atomic mass is 32.2. The summed E-state index contributed by atoms with van der Waals surface area (Å²) < 4.78 is 27.0. The van der Waals surface area contributed by atoms with Crippen LogP contribution in [0.15, 0.2) is 58.0 Å². The molecule has 29 heavy (non-hydrogen) atoms. The zero-order valence-electron chi connectivity index (χ0n) is 14.9. The van der Waals surface area contributed by atoms with Crippen molar-refractivity contribution < 1.29 is 8.78 Å². The molecule has 0 aliphatic carbocycles. The number of benzene rings is 2. The van der Waals surface area contributed by atoms with E-state index in [0.29, 0.717) is 20.9 Å². The summed E-state index contributed by atoms with van der Waals surface area (Å²) in [6.45, 7) is 1.86. The van der Waals surface area contributed by atoms with E-state index in [1.807, 2.05) is 6.92 Å². The van der Waals surface area contributed by atoms with Crippen LogP contribution in [0.5, 0.6) is 0 Å². The summed E-state index contributed by atoms with van der Waals surface area (Å²) in [4.78, 5) is 13.1. The van der Waals surface area contributed by atoms with E-state index in [4.69, 9.17) is 0 Å². The van der Waals surface area contributed by atoms with Gasteiger partial charge in [-0.2, -0.15) is 15.0 Å². The molecule has 0 unspecified atom stereocenters. The standard InChI is InChI=1S/C18H13F2N7S2/c1-10-26-27-18(28-10)29-17-24-15(21-13-6-2-11(19)3-7-13)23-16(25-17)22-14-8-4-12(20)5-9-14/h2-9H,1H3,(H2,21,22,23,24,25). The number of hydrogen-bond donors (Lipinski definition) is 2. The van der Waals surface area contributed by atoms with E-state index >= 15 is 0 Å². The molecule has 11 heteroatoms. The minimum Gasteiger partial charge on any atom is -0.324 e. The van der Waals surface area contributed by atoms with Gasteiger partial charge < -0.3 is 10.6 Å². The van der Waals surface area contributed by atoms with Crippen LogP contribution in [-0.4, -0.2) is 25.1 Å². The number of halogens is 2. The van der Waals surface area contributed by atoms with Gasteiger partial charge in [-0.15, -0.1) is 10.2 Å². The summed E-state index contributed by atoms with van der Waals surface area (Å²) in [7, 11) is 0. The highest BCUT2D eigenvalue weighted by molar-refractivity contribution is 8.00. The normalized spacial score (nSPS) is 10.7. The molecule has 2 N–H and O–H groups in total. The Hall–Kier alpha value is -3.18. The van der Waals surface area contributed by atoms with E-state index in [1.54, 1.807) is 24.3 Å². The average molecular weight is 429 g/mol. The van der Waals surface area contributed by atoms with Crippen molar-refractivity contribution in [1.29, 1.82) is 0 Å². The maximum atomic E-state index is 13.1. The molecule has 0 atom stereocenters. The van der Waals surface area contributed by atoms with Crippen LogP contribution in [0, 0.1) is 18.6 Å². The fourth-order valence-electron chi connectivity index (χ4n) is 2.24. The van der Waals surface area contributed by atoms with E-state index in [0.717, 1.165) is 5.01 Å². The molecule has 146 valence electrons. The number of nitrogens with zero attached hydrogens (tertiary/aromatic N) is 5. The first-order valence-corrected chi connectivity index (χ1v) is 9.96. The Kier molecular flexibility index (Phi) is 5.58. The topological polar surface area (TPSA) is 88.5 Å². The highest BCUT2D eigenvalue weighted by Gasteiger charge is 2.12. The molecule has 0 spiro atoms. The summed E-state index contributed by atoms with van der Waals surface area (Å²) >= 11 is 2.67. The van der Waals surface area contributed by atoms with Gasteiger partial charge in [0.15, 0.2) is 4.34 Å². The second kappa shape index (κ2) is 8.45. The smallest absolute Gasteiger partial charge is 0.233 e. The molecule has 2 heterocycles. The molecule has 4 rings (SSSR count). The van der Waals surface area contributed by atoms with Crippen molar-refractivity contribution in [3.63, 3.8) is 0 Å². The van der Waals surface area contributed by atoms with Gasteiger partial charge in [0.25, 0.3) is 0 Å².